The lowest BCUT2D eigenvalue weighted by Crippen LogP contribution is -2.13. The summed E-state index contributed by atoms with van der Waals surface area (Å²) >= 11 is 0. The molecule has 0 aliphatic rings. The molecule has 0 rings (SSSR count). The van der Waals surface area contributed by atoms with Crippen molar-refractivity contribution in [2.45, 2.75) is 90.4 Å². The third-order valence-electron chi connectivity index (χ3n) is 3.45. The molecule has 108 valence electrons. The summed E-state index contributed by atoms with van der Waals surface area (Å²) in [6.45, 7) is 2.27. The Morgan fingerprint density at radius 1 is 0.722 bits per heavy atom. The molecule has 0 unspecified atom stereocenters. The highest BCUT2D eigenvalue weighted by atomic mass is 15.1. The van der Waals surface area contributed by atoms with Crippen molar-refractivity contribution >= 4 is 5.84 Å². The molecular formula is C15H33N3. The summed E-state index contributed by atoms with van der Waals surface area (Å²) in [7, 11) is 0. The molecule has 0 aromatic carbocycles. The van der Waals surface area contributed by atoms with Crippen LogP contribution in [-0.4, -0.2) is 5.84 Å². The van der Waals surface area contributed by atoms with Crippen LogP contribution in [0.15, 0.2) is 5.10 Å². The number of hydrogen-bond donors (Lipinski definition) is 2. The molecule has 0 bridgehead atoms. The molecule has 0 saturated heterocycles. The molecule has 0 atom stereocenters. The molecule has 0 saturated carbocycles. The molecule has 0 aliphatic carbocycles. The minimum atomic E-state index is 0.585. The Hall–Kier alpha value is -0.730. The van der Waals surface area contributed by atoms with Crippen molar-refractivity contribution in [2.24, 2.45) is 16.7 Å². The van der Waals surface area contributed by atoms with E-state index in [-0.39, 0.29) is 0 Å². The second-order valence-electron chi connectivity index (χ2n) is 5.26. The van der Waals surface area contributed by atoms with E-state index in [4.69, 9.17) is 11.6 Å². The third-order valence-corrected chi connectivity index (χ3v) is 3.45. The Morgan fingerprint density at radius 2 is 1.11 bits per heavy atom. The Labute approximate surface area is 113 Å². The standard InChI is InChI=1S/C15H33N3/c1-2-3-4-5-6-7-8-9-10-11-12-13-14-15(16)18-17/h2-14,17H2,1H3,(H2,16,18). The maximum atomic E-state index is 5.53. The van der Waals surface area contributed by atoms with Crippen LogP contribution >= 0.6 is 0 Å². The highest BCUT2D eigenvalue weighted by Crippen LogP contribution is 2.12. The Morgan fingerprint density at radius 3 is 1.50 bits per heavy atom. The molecule has 3 nitrogen and oxygen atoms in total. The molecule has 0 aliphatic heterocycles. The number of rotatable bonds is 13. The number of unbranched alkanes of at least 4 members (excludes halogenated alkanes) is 11. The largest absolute Gasteiger partial charge is 0.386 e. The summed E-state index contributed by atoms with van der Waals surface area (Å²) < 4.78 is 0. The first-order chi connectivity index (χ1) is 8.81. The number of hydrazone groups is 1. The first-order valence-corrected chi connectivity index (χ1v) is 7.83. The van der Waals surface area contributed by atoms with E-state index in [1.807, 2.05) is 0 Å². The van der Waals surface area contributed by atoms with E-state index in [9.17, 15) is 0 Å². The monoisotopic (exact) mass is 255 g/mol. The zero-order valence-corrected chi connectivity index (χ0v) is 12.3. The topological polar surface area (TPSA) is 64.4 Å². The molecule has 3 heteroatoms. The van der Waals surface area contributed by atoms with Crippen molar-refractivity contribution in [3.8, 4) is 0 Å². The fourth-order valence-corrected chi connectivity index (χ4v) is 2.21. The van der Waals surface area contributed by atoms with Crippen molar-refractivity contribution in [1.29, 1.82) is 0 Å². The third kappa shape index (κ3) is 13.3. The van der Waals surface area contributed by atoms with Crippen LogP contribution in [0.2, 0.25) is 0 Å². The van der Waals surface area contributed by atoms with E-state index in [0.29, 0.717) is 5.84 Å². The first-order valence-electron chi connectivity index (χ1n) is 7.83. The van der Waals surface area contributed by atoms with Gasteiger partial charge in [0.15, 0.2) is 0 Å². The van der Waals surface area contributed by atoms with Gasteiger partial charge in [-0.15, -0.1) is 0 Å². The highest BCUT2D eigenvalue weighted by Gasteiger charge is 1.95. The lowest BCUT2D eigenvalue weighted by Gasteiger charge is -2.02. The van der Waals surface area contributed by atoms with Crippen LogP contribution in [0.3, 0.4) is 0 Å². The van der Waals surface area contributed by atoms with E-state index in [2.05, 4.69) is 12.0 Å². The molecule has 0 radical (unpaired) electrons. The molecule has 4 N–H and O–H groups in total. The number of nitrogens with two attached hydrogens (primary N) is 2. The van der Waals surface area contributed by atoms with Gasteiger partial charge in [0.05, 0.1) is 0 Å². The second-order valence-corrected chi connectivity index (χ2v) is 5.26. The van der Waals surface area contributed by atoms with Gasteiger partial charge in [0.1, 0.15) is 5.84 Å². The van der Waals surface area contributed by atoms with Gasteiger partial charge in [-0.1, -0.05) is 77.6 Å². The summed E-state index contributed by atoms with van der Waals surface area (Å²) in [5.41, 5.74) is 5.53. The van der Waals surface area contributed by atoms with E-state index in [0.717, 1.165) is 12.8 Å². The normalized spacial score (nSPS) is 11.9. The van der Waals surface area contributed by atoms with E-state index in [1.165, 1.54) is 70.6 Å². The van der Waals surface area contributed by atoms with Crippen molar-refractivity contribution < 1.29 is 0 Å². The zero-order chi connectivity index (χ0) is 13.5. The van der Waals surface area contributed by atoms with E-state index in [1.54, 1.807) is 0 Å². The quantitative estimate of drug-likeness (QED) is 0.169. The Kier molecular flexibility index (Phi) is 13.8. The number of amidine groups is 1. The number of hydrogen-bond acceptors (Lipinski definition) is 2. The van der Waals surface area contributed by atoms with E-state index >= 15 is 0 Å². The average molecular weight is 255 g/mol. The van der Waals surface area contributed by atoms with Crippen LogP contribution in [0.25, 0.3) is 0 Å². The lowest BCUT2D eigenvalue weighted by molar-refractivity contribution is 0.545. The van der Waals surface area contributed by atoms with Gasteiger partial charge in [-0.3, -0.25) is 0 Å². The molecule has 18 heavy (non-hydrogen) atoms. The Bertz CT molecular complexity index is 190. The van der Waals surface area contributed by atoms with Gasteiger partial charge in [-0.2, -0.15) is 5.10 Å². The smallest absolute Gasteiger partial charge is 0.119 e. The van der Waals surface area contributed by atoms with Crippen molar-refractivity contribution in [2.75, 3.05) is 0 Å². The van der Waals surface area contributed by atoms with Gasteiger partial charge in [0.25, 0.3) is 0 Å². The summed E-state index contributed by atoms with van der Waals surface area (Å²) in [5.74, 6) is 5.66. The van der Waals surface area contributed by atoms with Crippen LogP contribution in [-0.2, 0) is 0 Å². The van der Waals surface area contributed by atoms with Crippen molar-refractivity contribution in [3.63, 3.8) is 0 Å². The molecule has 0 heterocycles. The van der Waals surface area contributed by atoms with Crippen LogP contribution in [0.1, 0.15) is 90.4 Å². The molecule has 0 amide bonds. The Balaban J connectivity index is 2.99. The van der Waals surface area contributed by atoms with Gasteiger partial charge < -0.3 is 11.6 Å². The summed E-state index contributed by atoms with van der Waals surface area (Å²) in [4.78, 5) is 0. The van der Waals surface area contributed by atoms with Gasteiger partial charge in [-0.05, 0) is 6.42 Å². The first kappa shape index (κ1) is 17.3. The summed E-state index contributed by atoms with van der Waals surface area (Å²) in [5, 5.41) is 3.47. The lowest BCUT2D eigenvalue weighted by atomic mass is 10.0. The minimum absolute atomic E-state index is 0.585. The summed E-state index contributed by atoms with van der Waals surface area (Å²) in [6, 6.07) is 0. The van der Waals surface area contributed by atoms with E-state index < -0.39 is 0 Å². The zero-order valence-electron chi connectivity index (χ0n) is 12.3. The molecule has 0 spiro atoms. The van der Waals surface area contributed by atoms with Crippen molar-refractivity contribution in [3.05, 3.63) is 0 Å². The van der Waals surface area contributed by atoms with Crippen LogP contribution < -0.4 is 11.6 Å². The predicted octanol–water partition coefficient (Wildman–Crippen LogP) is 4.31. The molecular weight excluding hydrogens is 222 g/mol. The second kappa shape index (κ2) is 14.3. The molecule has 0 fully saturated rings. The maximum absolute atomic E-state index is 5.53. The average Bonchev–Trinajstić information content (AvgIpc) is 2.39. The number of nitrogens with zero attached hydrogens (tertiary/aromatic N) is 1. The highest BCUT2D eigenvalue weighted by molar-refractivity contribution is 5.79. The van der Waals surface area contributed by atoms with Gasteiger partial charge >= 0.3 is 0 Å². The minimum Gasteiger partial charge on any atom is -0.386 e. The predicted molar refractivity (Wildman–Crippen MR) is 81.5 cm³/mol. The fraction of sp³-hybridized carbons (Fsp3) is 0.933. The van der Waals surface area contributed by atoms with Gasteiger partial charge in [-0.25, -0.2) is 0 Å². The SMILES string of the molecule is CCCCCCCCCCCCCC/C(N)=N/N. The molecule has 0 aromatic rings. The summed E-state index contributed by atoms with van der Waals surface area (Å²) in [6.07, 6.45) is 17.2. The van der Waals surface area contributed by atoms with Crippen molar-refractivity contribution in [1.82, 2.24) is 0 Å². The van der Waals surface area contributed by atoms with Gasteiger partial charge in [0.2, 0.25) is 0 Å². The molecule has 0 aromatic heterocycles. The van der Waals surface area contributed by atoms with Gasteiger partial charge in [0, 0.05) is 6.42 Å². The van der Waals surface area contributed by atoms with Crippen LogP contribution in [0, 0.1) is 0 Å². The maximum Gasteiger partial charge on any atom is 0.119 e. The fourth-order valence-electron chi connectivity index (χ4n) is 2.21. The van der Waals surface area contributed by atoms with Crippen LogP contribution in [0.5, 0.6) is 0 Å². The van der Waals surface area contributed by atoms with Crippen LogP contribution in [0.4, 0.5) is 0 Å².